The topological polar surface area (TPSA) is 51.2 Å². The van der Waals surface area contributed by atoms with Crippen molar-refractivity contribution in [1.82, 2.24) is 10.3 Å². The fraction of sp³-hybridized carbons (Fsp3) is 0.545. The Morgan fingerprint density at radius 2 is 1.86 bits per heavy atom. The quantitative estimate of drug-likeness (QED) is 0.257. The number of rotatable bonds is 13. The van der Waals surface area contributed by atoms with E-state index < -0.39 is 11.9 Å². The molecule has 1 aromatic heterocycles. The minimum absolute atomic E-state index is 0.0101. The molecule has 0 aliphatic heterocycles. The summed E-state index contributed by atoms with van der Waals surface area (Å²) in [6.45, 7) is 5.13. The number of amides is 1. The van der Waals surface area contributed by atoms with E-state index >= 15 is 0 Å². The van der Waals surface area contributed by atoms with Gasteiger partial charge in [-0.1, -0.05) is 57.4 Å². The maximum atomic E-state index is 12.6. The average molecular weight is 412 g/mol. The first-order valence-corrected chi connectivity index (χ1v) is 10.1. The summed E-state index contributed by atoms with van der Waals surface area (Å²) in [6.07, 6.45) is 8.59. The van der Waals surface area contributed by atoms with E-state index in [2.05, 4.69) is 10.3 Å². The Kier molecular flexibility index (Phi) is 11.8. The number of hydrogen-bond acceptors (Lipinski definition) is 3. The number of aromatic nitrogens is 1. The second kappa shape index (κ2) is 13.8. The van der Waals surface area contributed by atoms with Crippen molar-refractivity contribution in [2.75, 3.05) is 13.2 Å². The fourth-order valence-corrected chi connectivity index (χ4v) is 2.41. The van der Waals surface area contributed by atoms with E-state index in [1.54, 1.807) is 6.08 Å². The van der Waals surface area contributed by atoms with Gasteiger partial charge in [-0.2, -0.15) is 13.2 Å². The molecule has 1 amide bonds. The van der Waals surface area contributed by atoms with Gasteiger partial charge in [0.25, 0.3) is 0 Å². The van der Waals surface area contributed by atoms with E-state index in [1.165, 1.54) is 18.2 Å². The Morgan fingerprint density at radius 1 is 1.14 bits per heavy atom. The Labute approximate surface area is 171 Å². The molecule has 0 aliphatic carbocycles. The number of halogens is 3. The van der Waals surface area contributed by atoms with Crippen molar-refractivity contribution in [3.8, 4) is 5.88 Å². The lowest BCUT2D eigenvalue weighted by atomic mass is 10.1. The SMILES string of the molecule is CC(C)CNC(=O)C=CC=CCCCCCCCOc1cccc(C(F)(F)F)n1. The second-order valence-electron chi connectivity index (χ2n) is 7.19. The molecular formula is C22H31F3N2O2. The molecule has 0 fully saturated rings. The first kappa shape index (κ1) is 24.7. The smallest absolute Gasteiger partial charge is 0.433 e. The van der Waals surface area contributed by atoms with Gasteiger partial charge in [-0.25, -0.2) is 4.98 Å². The number of allylic oxidation sites excluding steroid dienone is 3. The third-order valence-corrected chi connectivity index (χ3v) is 3.96. The van der Waals surface area contributed by atoms with Crippen molar-refractivity contribution in [2.45, 2.75) is 58.5 Å². The molecule has 0 aromatic carbocycles. The van der Waals surface area contributed by atoms with Crippen LogP contribution in [-0.4, -0.2) is 24.0 Å². The molecule has 0 saturated carbocycles. The highest BCUT2D eigenvalue weighted by Crippen LogP contribution is 2.28. The van der Waals surface area contributed by atoms with Crippen LogP contribution in [0.5, 0.6) is 5.88 Å². The van der Waals surface area contributed by atoms with Crippen LogP contribution < -0.4 is 10.1 Å². The van der Waals surface area contributed by atoms with Crippen LogP contribution in [0, 0.1) is 5.92 Å². The average Bonchev–Trinajstić information content (AvgIpc) is 2.66. The summed E-state index contributed by atoms with van der Waals surface area (Å²) in [5.41, 5.74) is -0.936. The summed E-state index contributed by atoms with van der Waals surface area (Å²) >= 11 is 0. The molecule has 162 valence electrons. The van der Waals surface area contributed by atoms with Crippen LogP contribution in [0.2, 0.25) is 0 Å². The van der Waals surface area contributed by atoms with E-state index in [1.807, 2.05) is 26.0 Å². The van der Waals surface area contributed by atoms with Gasteiger partial charge < -0.3 is 10.1 Å². The van der Waals surface area contributed by atoms with E-state index in [-0.39, 0.29) is 11.8 Å². The zero-order valence-corrected chi connectivity index (χ0v) is 17.2. The Balaban J connectivity index is 2.03. The first-order valence-electron chi connectivity index (χ1n) is 10.1. The first-order chi connectivity index (χ1) is 13.8. The third kappa shape index (κ3) is 12.7. The Hall–Kier alpha value is -2.31. The molecule has 0 atom stereocenters. The van der Waals surface area contributed by atoms with Crippen molar-refractivity contribution < 1.29 is 22.7 Å². The molecule has 0 aliphatic rings. The highest BCUT2D eigenvalue weighted by atomic mass is 19.4. The maximum Gasteiger partial charge on any atom is 0.433 e. The lowest BCUT2D eigenvalue weighted by Crippen LogP contribution is -2.25. The normalized spacial score (nSPS) is 12.2. The molecule has 0 saturated heterocycles. The predicted molar refractivity (Wildman–Crippen MR) is 109 cm³/mol. The number of carbonyl (C=O) groups excluding carboxylic acids is 1. The molecule has 1 N–H and O–H groups in total. The van der Waals surface area contributed by atoms with Crippen molar-refractivity contribution in [1.29, 1.82) is 0 Å². The van der Waals surface area contributed by atoms with Crippen molar-refractivity contribution in [2.24, 2.45) is 5.92 Å². The molecule has 0 radical (unpaired) electrons. The van der Waals surface area contributed by atoms with Gasteiger partial charge >= 0.3 is 6.18 Å². The molecule has 1 heterocycles. The summed E-state index contributed by atoms with van der Waals surface area (Å²) in [6, 6.07) is 3.66. The van der Waals surface area contributed by atoms with E-state index in [0.717, 1.165) is 44.6 Å². The second-order valence-corrected chi connectivity index (χ2v) is 7.19. The minimum atomic E-state index is -4.45. The molecule has 1 aromatic rings. The van der Waals surface area contributed by atoms with Crippen LogP contribution in [0.1, 0.15) is 58.1 Å². The van der Waals surface area contributed by atoms with Crippen LogP contribution in [0.25, 0.3) is 0 Å². The highest BCUT2D eigenvalue weighted by Gasteiger charge is 2.32. The summed E-state index contributed by atoms with van der Waals surface area (Å²) in [7, 11) is 0. The van der Waals surface area contributed by atoms with Gasteiger partial charge in [0.15, 0.2) is 0 Å². The van der Waals surface area contributed by atoms with Crippen molar-refractivity contribution >= 4 is 5.91 Å². The maximum absolute atomic E-state index is 12.6. The number of unbranched alkanes of at least 4 members (excludes halogenated alkanes) is 5. The zero-order chi connectivity index (χ0) is 21.5. The zero-order valence-electron chi connectivity index (χ0n) is 17.2. The molecule has 7 heteroatoms. The number of nitrogens with zero attached hydrogens (tertiary/aromatic N) is 1. The van der Waals surface area contributed by atoms with Crippen LogP contribution in [0.15, 0.2) is 42.5 Å². The molecule has 0 unspecified atom stereocenters. The van der Waals surface area contributed by atoms with Gasteiger partial charge in [-0.15, -0.1) is 0 Å². The minimum Gasteiger partial charge on any atom is -0.478 e. The van der Waals surface area contributed by atoms with Gasteiger partial charge in [-0.05, 0) is 31.2 Å². The van der Waals surface area contributed by atoms with Gasteiger partial charge in [0.1, 0.15) is 5.69 Å². The lowest BCUT2D eigenvalue weighted by molar-refractivity contribution is -0.141. The Bertz CT molecular complexity index is 656. The Morgan fingerprint density at radius 3 is 2.59 bits per heavy atom. The summed E-state index contributed by atoms with van der Waals surface area (Å²) < 4.78 is 43.0. The molecule has 0 bridgehead atoms. The third-order valence-electron chi connectivity index (χ3n) is 3.96. The van der Waals surface area contributed by atoms with Crippen LogP contribution >= 0.6 is 0 Å². The molecule has 4 nitrogen and oxygen atoms in total. The summed E-state index contributed by atoms with van der Waals surface area (Å²) in [4.78, 5) is 14.9. The lowest BCUT2D eigenvalue weighted by Gasteiger charge is -2.09. The van der Waals surface area contributed by atoms with Crippen LogP contribution in [-0.2, 0) is 11.0 Å². The predicted octanol–water partition coefficient (Wildman–Crippen LogP) is 5.70. The number of pyridine rings is 1. The van der Waals surface area contributed by atoms with E-state index in [9.17, 15) is 18.0 Å². The molecule has 29 heavy (non-hydrogen) atoms. The largest absolute Gasteiger partial charge is 0.478 e. The highest BCUT2D eigenvalue weighted by molar-refractivity contribution is 5.87. The van der Waals surface area contributed by atoms with Crippen molar-refractivity contribution in [3.63, 3.8) is 0 Å². The van der Waals surface area contributed by atoms with Crippen molar-refractivity contribution in [3.05, 3.63) is 48.2 Å². The fourth-order valence-electron chi connectivity index (χ4n) is 2.41. The number of hydrogen-bond donors (Lipinski definition) is 1. The number of nitrogens with one attached hydrogen (secondary N) is 1. The van der Waals surface area contributed by atoms with Gasteiger partial charge in [0.2, 0.25) is 11.8 Å². The number of ether oxygens (including phenoxy) is 1. The summed E-state index contributed by atoms with van der Waals surface area (Å²) in [5, 5.41) is 2.81. The number of alkyl halides is 3. The van der Waals surface area contributed by atoms with Crippen LogP contribution in [0.4, 0.5) is 13.2 Å². The van der Waals surface area contributed by atoms with Crippen LogP contribution in [0.3, 0.4) is 0 Å². The monoisotopic (exact) mass is 412 g/mol. The van der Waals surface area contributed by atoms with Gasteiger partial charge in [0.05, 0.1) is 6.61 Å². The van der Waals surface area contributed by atoms with E-state index in [4.69, 9.17) is 4.74 Å². The molecular weight excluding hydrogens is 381 g/mol. The standard InChI is InChI=1S/C22H31F3N2O2/c1-18(2)17-26-20(28)14-10-8-6-4-3-5-7-9-11-16-29-21-15-12-13-19(27-21)22(23,24)25/h6,8,10,12-15,18H,3-5,7,9,11,16-17H2,1-2H3,(H,26,28). The molecule has 1 rings (SSSR count). The number of carbonyl (C=O) groups is 1. The van der Waals surface area contributed by atoms with Gasteiger partial charge in [-0.3, -0.25) is 4.79 Å². The van der Waals surface area contributed by atoms with E-state index in [0.29, 0.717) is 19.1 Å². The molecule has 0 spiro atoms. The van der Waals surface area contributed by atoms with Gasteiger partial charge in [0, 0.05) is 18.7 Å². The summed E-state index contributed by atoms with van der Waals surface area (Å²) in [5.74, 6) is 0.369.